The van der Waals surface area contributed by atoms with E-state index in [4.69, 9.17) is 9.84 Å². The molecule has 0 fully saturated rings. The molecule has 0 amide bonds. The number of rotatable bonds is 6. The number of hydrogen-bond donors (Lipinski definition) is 1. The summed E-state index contributed by atoms with van der Waals surface area (Å²) in [6.45, 7) is 0.371. The molecule has 1 N–H and O–H groups in total. The Hall–Kier alpha value is -2.08. The molecule has 2 aromatic rings. The second-order valence-electron chi connectivity index (χ2n) is 4.10. The Morgan fingerprint density at radius 3 is 2.43 bits per heavy atom. The van der Waals surface area contributed by atoms with E-state index in [1.165, 1.54) is 30.0 Å². The zero-order valence-corrected chi connectivity index (χ0v) is 11.7. The van der Waals surface area contributed by atoms with Gasteiger partial charge >= 0.3 is 5.97 Å². The van der Waals surface area contributed by atoms with E-state index in [0.29, 0.717) is 23.0 Å². The van der Waals surface area contributed by atoms with E-state index in [1.54, 1.807) is 12.1 Å². The van der Waals surface area contributed by atoms with E-state index in [0.717, 1.165) is 12.1 Å². The van der Waals surface area contributed by atoms with Crippen LogP contribution in [0.5, 0.6) is 5.75 Å². The van der Waals surface area contributed by atoms with Gasteiger partial charge in [0.25, 0.3) is 0 Å². The van der Waals surface area contributed by atoms with E-state index in [2.05, 4.69) is 0 Å². The number of thioether (sulfide) groups is 1. The summed E-state index contributed by atoms with van der Waals surface area (Å²) in [4.78, 5) is 11.3. The van der Waals surface area contributed by atoms with Gasteiger partial charge in [0.05, 0.1) is 12.2 Å². The average Bonchev–Trinajstić information content (AvgIpc) is 2.47. The van der Waals surface area contributed by atoms with Crippen LogP contribution >= 0.6 is 11.8 Å². The molecular formula is C15H12F2O3S. The molecule has 0 aliphatic heterocycles. The molecule has 0 bridgehead atoms. The van der Waals surface area contributed by atoms with E-state index in [1.807, 2.05) is 0 Å². The van der Waals surface area contributed by atoms with Crippen molar-refractivity contribution in [3.8, 4) is 5.75 Å². The summed E-state index contributed by atoms with van der Waals surface area (Å²) in [5.41, 5.74) is 0.193. The number of carboxylic acid groups (broad SMARTS) is 1. The fourth-order valence-corrected chi connectivity index (χ4v) is 2.33. The Balaban J connectivity index is 1.79. The molecule has 0 saturated heterocycles. The minimum Gasteiger partial charge on any atom is -0.493 e. The van der Waals surface area contributed by atoms with Crippen molar-refractivity contribution in [2.75, 3.05) is 12.4 Å². The Bertz CT molecular complexity index is 629. The van der Waals surface area contributed by atoms with E-state index >= 15 is 0 Å². The Morgan fingerprint density at radius 2 is 1.81 bits per heavy atom. The zero-order chi connectivity index (χ0) is 15.2. The van der Waals surface area contributed by atoms with Crippen molar-refractivity contribution < 1.29 is 23.4 Å². The molecule has 0 atom stereocenters. The molecule has 0 heterocycles. The second-order valence-corrected chi connectivity index (χ2v) is 5.27. The van der Waals surface area contributed by atoms with Crippen LogP contribution in [0, 0.1) is 11.6 Å². The number of aromatic carboxylic acids is 1. The molecule has 110 valence electrons. The predicted octanol–water partition coefficient (Wildman–Crippen LogP) is 3.83. The highest BCUT2D eigenvalue weighted by atomic mass is 32.2. The quantitative estimate of drug-likeness (QED) is 0.650. The normalized spacial score (nSPS) is 10.4. The maximum atomic E-state index is 13.0. The van der Waals surface area contributed by atoms with Crippen LogP contribution in [0.3, 0.4) is 0 Å². The standard InChI is InChI=1S/C15H12F2O3S/c16-13-6-5-12(9-14(13)17)21-8-7-20-11-3-1-10(2-4-11)15(18)19/h1-6,9H,7-8H2,(H,18,19). The van der Waals surface area contributed by atoms with Crippen LogP contribution in [0.4, 0.5) is 8.78 Å². The first-order chi connectivity index (χ1) is 10.1. The van der Waals surface area contributed by atoms with Crippen molar-refractivity contribution in [3.63, 3.8) is 0 Å². The van der Waals surface area contributed by atoms with Crippen LogP contribution in [0.1, 0.15) is 10.4 Å². The summed E-state index contributed by atoms with van der Waals surface area (Å²) >= 11 is 1.34. The van der Waals surface area contributed by atoms with Crippen LogP contribution in [-0.2, 0) is 0 Å². The van der Waals surface area contributed by atoms with Gasteiger partial charge in [-0.25, -0.2) is 13.6 Å². The van der Waals surface area contributed by atoms with Gasteiger partial charge in [-0.3, -0.25) is 0 Å². The van der Waals surface area contributed by atoms with Crippen molar-refractivity contribution in [1.82, 2.24) is 0 Å². The highest BCUT2D eigenvalue weighted by Gasteiger charge is 2.04. The molecule has 0 unspecified atom stereocenters. The van der Waals surface area contributed by atoms with Crippen molar-refractivity contribution in [2.45, 2.75) is 4.90 Å². The summed E-state index contributed by atoms with van der Waals surface area (Å²) in [6.07, 6.45) is 0. The lowest BCUT2D eigenvalue weighted by Crippen LogP contribution is -2.01. The molecule has 2 rings (SSSR count). The topological polar surface area (TPSA) is 46.5 Å². The number of ether oxygens (including phenoxy) is 1. The monoisotopic (exact) mass is 310 g/mol. The number of benzene rings is 2. The van der Waals surface area contributed by atoms with Gasteiger partial charge in [-0.15, -0.1) is 11.8 Å². The molecule has 6 heteroatoms. The van der Waals surface area contributed by atoms with Crippen molar-refractivity contribution in [3.05, 3.63) is 59.7 Å². The van der Waals surface area contributed by atoms with Crippen LogP contribution in [0.2, 0.25) is 0 Å². The lowest BCUT2D eigenvalue weighted by atomic mass is 10.2. The van der Waals surface area contributed by atoms with Crippen LogP contribution in [-0.4, -0.2) is 23.4 Å². The van der Waals surface area contributed by atoms with Gasteiger partial charge in [-0.1, -0.05) is 0 Å². The van der Waals surface area contributed by atoms with Gasteiger partial charge < -0.3 is 9.84 Å². The number of halogens is 2. The van der Waals surface area contributed by atoms with Crippen LogP contribution in [0.15, 0.2) is 47.4 Å². The molecule has 21 heavy (non-hydrogen) atoms. The average molecular weight is 310 g/mol. The Labute approximate surface area is 124 Å². The SMILES string of the molecule is O=C(O)c1ccc(OCCSc2ccc(F)c(F)c2)cc1. The fourth-order valence-electron chi connectivity index (χ4n) is 1.58. The van der Waals surface area contributed by atoms with E-state index < -0.39 is 17.6 Å². The fraction of sp³-hybridized carbons (Fsp3) is 0.133. The molecule has 2 aromatic carbocycles. The molecule has 3 nitrogen and oxygen atoms in total. The molecule has 0 aliphatic carbocycles. The van der Waals surface area contributed by atoms with Gasteiger partial charge in [-0.05, 0) is 42.5 Å². The predicted molar refractivity (Wildman–Crippen MR) is 76.0 cm³/mol. The Morgan fingerprint density at radius 1 is 1.10 bits per heavy atom. The van der Waals surface area contributed by atoms with E-state index in [-0.39, 0.29) is 5.56 Å². The largest absolute Gasteiger partial charge is 0.493 e. The molecule has 0 spiro atoms. The van der Waals surface area contributed by atoms with Gasteiger partial charge in [0.15, 0.2) is 11.6 Å². The number of hydrogen-bond acceptors (Lipinski definition) is 3. The van der Waals surface area contributed by atoms with Gasteiger partial charge in [0.1, 0.15) is 5.75 Å². The third-order valence-corrected chi connectivity index (χ3v) is 3.57. The molecule has 0 saturated carbocycles. The molecular weight excluding hydrogens is 298 g/mol. The maximum Gasteiger partial charge on any atom is 0.335 e. The van der Waals surface area contributed by atoms with Crippen LogP contribution in [0.25, 0.3) is 0 Å². The highest BCUT2D eigenvalue weighted by molar-refractivity contribution is 7.99. The third kappa shape index (κ3) is 4.46. The number of carboxylic acids is 1. The summed E-state index contributed by atoms with van der Waals surface area (Å²) in [7, 11) is 0. The summed E-state index contributed by atoms with van der Waals surface area (Å²) in [5, 5.41) is 8.76. The lowest BCUT2D eigenvalue weighted by molar-refractivity contribution is 0.0697. The smallest absolute Gasteiger partial charge is 0.335 e. The molecule has 0 radical (unpaired) electrons. The zero-order valence-electron chi connectivity index (χ0n) is 10.9. The first kappa shape index (κ1) is 15.3. The third-order valence-electron chi connectivity index (χ3n) is 2.61. The minimum atomic E-state index is -0.990. The maximum absolute atomic E-state index is 13.0. The van der Waals surface area contributed by atoms with Crippen molar-refractivity contribution in [1.29, 1.82) is 0 Å². The summed E-state index contributed by atoms with van der Waals surface area (Å²) < 4.78 is 31.2. The van der Waals surface area contributed by atoms with Crippen molar-refractivity contribution >= 4 is 17.7 Å². The van der Waals surface area contributed by atoms with Gasteiger partial charge in [0.2, 0.25) is 0 Å². The van der Waals surface area contributed by atoms with E-state index in [9.17, 15) is 13.6 Å². The van der Waals surface area contributed by atoms with Crippen LogP contribution < -0.4 is 4.74 Å². The molecule has 0 aliphatic rings. The summed E-state index contributed by atoms with van der Waals surface area (Å²) in [6, 6.07) is 9.80. The lowest BCUT2D eigenvalue weighted by Gasteiger charge is -2.06. The van der Waals surface area contributed by atoms with Gasteiger partial charge in [0, 0.05) is 10.6 Å². The van der Waals surface area contributed by atoms with Gasteiger partial charge in [-0.2, -0.15) is 0 Å². The second kappa shape index (κ2) is 7.08. The highest BCUT2D eigenvalue weighted by Crippen LogP contribution is 2.20. The molecule has 0 aromatic heterocycles. The minimum absolute atomic E-state index is 0.193. The van der Waals surface area contributed by atoms with Crippen molar-refractivity contribution in [2.24, 2.45) is 0 Å². The summed E-state index contributed by atoms with van der Waals surface area (Å²) in [5.74, 6) is -1.60. The Kier molecular flexibility index (Phi) is 5.16. The number of carbonyl (C=O) groups is 1. The first-order valence-electron chi connectivity index (χ1n) is 6.10. The first-order valence-corrected chi connectivity index (χ1v) is 7.09.